The van der Waals surface area contributed by atoms with E-state index in [2.05, 4.69) is 34.8 Å². The summed E-state index contributed by atoms with van der Waals surface area (Å²) in [6.45, 7) is 5.38. The van der Waals surface area contributed by atoms with Crippen molar-refractivity contribution in [2.24, 2.45) is 0 Å². The van der Waals surface area contributed by atoms with Crippen molar-refractivity contribution in [3.63, 3.8) is 0 Å². The summed E-state index contributed by atoms with van der Waals surface area (Å²) in [6, 6.07) is 11.1. The Labute approximate surface area is 132 Å². The van der Waals surface area contributed by atoms with E-state index in [1.54, 1.807) is 0 Å². The van der Waals surface area contributed by atoms with Crippen molar-refractivity contribution in [3.05, 3.63) is 41.5 Å². The highest BCUT2D eigenvalue weighted by molar-refractivity contribution is 5.50. The van der Waals surface area contributed by atoms with Crippen molar-refractivity contribution < 1.29 is 0 Å². The summed E-state index contributed by atoms with van der Waals surface area (Å²) in [5.41, 5.74) is 3.08. The van der Waals surface area contributed by atoms with E-state index in [1.807, 2.05) is 24.3 Å². The first kappa shape index (κ1) is 14.7. The number of hydrogen-bond donors (Lipinski definition) is 0. The maximum atomic E-state index is 8.89. The van der Waals surface area contributed by atoms with Crippen molar-refractivity contribution >= 4 is 5.69 Å². The molecule has 2 atom stereocenters. The molecule has 1 heterocycles. The van der Waals surface area contributed by atoms with Gasteiger partial charge in [-0.3, -0.25) is 4.90 Å². The van der Waals surface area contributed by atoms with Crippen LogP contribution in [0.25, 0.3) is 0 Å². The molecule has 1 aliphatic heterocycles. The third-order valence-corrected chi connectivity index (χ3v) is 4.75. The van der Waals surface area contributed by atoms with Crippen LogP contribution in [0.3, 0.4) is 0 Å². The Morgan fingerprint density at radius 2 is 2.00 bits per heavy atom. The fraction of sp³-hybridized carbons (Fsp3) is 0.421. The molecule has 1 fully saturated rings. The van der Waals surface area contributed by atoms with Crippen LogP contribution in [0.5, 0.6) is 0 Å². The summed E-state index contributed by atoms with van der Waals surface area (Å²) >= 11 is 0. The SMILES string of the molecule is C#CC1=C[C@@H](N2CCN(c3ccc(C#N)cc3)CC2C)CC1. The lowest BCUT2D eigenvalue weighted by atomic mass is 10.1. The Balaban J connectivity index is 1.66. The van der Waals surface area contributed by atoms with Crippen molar-refractivity contribution in [1.82, 2.24) is 4.90 Å². The zero-order chi connectivity index (χ0) is 15.5. The van der Waals surface area contributed by atoms with E-state index in [0.717, 1.165) is 38.0 Å². The van der Waals surface area contributed by atoms with Gasteiger partial charge in [-0.2, -0.15) is 5.26 Å². The molecule has 0 radical (unpaired) electrons. The maximum absolute atomic E-state index is 8.89. The quantitative estimate of drug-likeness (QED) is 0.785. The van der Waals surface area contributed by atoms with Crippen molar-refractivity contribution in [2.75, 3.05) is 24.5 Å². The molecule has 0 N–H and O–H groups in total. The van der Waals surface area contributed by atoms with Crippen LogP contribution < -0.4 is 4.90 Å². The second-order valence-electron chi connectivity index (χ2n) is 6.13. The largest absolute Gasteiger partial charge is 0.369 e. The molecule has 0 aromatic heterocycles. The molecule has 1 unspecified atom stereocenters. The van der Waals surface area contributed by atoms with Crippen molar-refractivity contribution in [2.45, 2.75) is 31.8 Å². The normalized spacial score (nSPS) is 25.4. The van der Waals surface area contributed by atoms with Gasteiger partial charge in [-0.25, -0.2) is 0 Å². The van der Waals surface area contributed by atoms with E-state index in [0.29, 0.717) is 17.6 Å². The number of terminal acetylenes is 1. The molecular formula is C19H21N3. The van der Waals surface area contributed by atoms with E-state index < -0.39 is 0 Å². The molecule has 112 valence electrons. The molecule has 0 saturated carbocycles. The summed E-state index contributed by atoms with van der Waals surface area (Å²) < 4.78 is 0. The molecule has 2 aliphatic rings. The number of nitrogens with zero attached hydrogens (tertiary/aromatic N) is 3. The second kappa shape index (κ2) is 6.26. The predicted octanol–water partition coefficient (Wildman–Crippen LogP) is 2.79. The van der Waals surface area contributed by atoms with Crippen molar-refractivity contribution in [1.29, 1.82) is 5.26 Å². The number of anilines is 1. The van der Waals surface area contributed by atoms with Gasteiger partial charge < -0.3 is 4.90 Å². The average molecular weight is 291 g/mol. The molecule has 0 bridgehead atoms. The maximum Gasteiger partial charge on any atom is 0.0991 e. The molecule has 22 heavy (non-hydrogen) atoms. The molecular weight excluding hydrogens is 270 g/mol. The first-order chi connectivity index (χ1) is 10.7. The molecule has 0 spiro atoms. The predicted molar refractivity (Wildman–Crippen MR) is 89.5 cm³/mol. The summed E-state index contributed by atoms with van der Waals surface area (Å²) in [6.07, 6.45) is 9.98. The smallest absolute Gasteiger partial charge is 0.0991 e. The molecule has 1 saturated heterocycles. The number of allylic oxidation sites excluding steroid dienone is 1. The second-order valence-corrected chi connectivity index (χ2v) is 6.13. The van der Waals surface area contributed by atoms with Crippen LogP contribution in [0, 0.1) is 23.7 Å². The Morgan fingerprint density at radius 3 is 2.59 bits per heavy atom. The Morgan fingerprint density at radius 1 is 1.23 bits per heavy atom. The van der Waals surface area contributed by atoms with Gasteiger partial charge >= 0.3 is 0 Å². The topological polar surface area (TPSA) is 30.3 Å². The lowest BCUT2D eigenvalue weighted by Gasteiger charge is -2.43. The first-order valence-electron chi connectivity index (χ1n) is 7.89. The van der Waals surface area contributed by atoms with E-state index in [9.17, 15) is 0 Å². The van der Waals surface area contributed by atoms with Crippen LogP contribution in [0.4, 0.5) is 5.69 Å². The lowest BCUT2D eigenvalue weighted by molar-refractivity contribution is 0.153. The van der Waals surface area contributed by atoms with Gasteiger partial charge in [0.1, 0.15) is 0 Å². The number of piperazine rings is 1. The monoisotopic (exact) mass is 291 g/mol. The van der Waals surface area contributed by atoms with Gasteiger partial charge in [0.25, 0.3) is 0 Å². The van der Waals surface area contributed by atoms with E-state index >= 15 is 0 Å². The summed E-state index contributed by atoms with van der Waals surface area (Å²) in [4.78, 5) is 4.98. The molecule has 3 nitrogen and oxygen atoms in total. The molecule has 0 amide bonds. The third-order valence-electron chi connectivity index (χ3n) is 4.75. The van der Waals surface area contributed by atoms with E-state index in [-0.39, 0.29) is 0 Å². The molecule has 1 aliphatic carbocycles. The van der Waals surface area contributed by atoms with Gasteiger partial charge in [0.05, 0.1) is 11.6 Å². The van der Waals surface area contributed by atoms with E-state index in [4.69, 9.17) is 11.7 Å². The van der Waals surface area contributed by atoms with Gasteiger partial charge in [-0.05, 0) is 49.6 Å². The number of rotatable bonds is 2. The van der Waals surface area contributed by atoms with Crippen LogP contribution in [0.1, 0.15) is 25.3 Å². The van der Waals surface area contributed by atoms with E-state index in [1.165, 1.54) is 5.69 Å². The third kappa shape index (κ3) is 2.86. The molecule has 1 aromatic rings. The number of benzene rings is 1. The highest BCUT2D eigenvalue weighted by Crippen LogP contribution is 2.27. The highest BCUT2D eigenvalue weighted by atomic mass is 15.3. The number of nitriles is 1. The van der Waals surface area contributed by atoms with Gasteiger partial charge in [-0.1, -0.05) is 12.0 Å². The zero-order valence-corrected chi connectivity index (χ0v) is 13.0. The van der Waals surface area contributed by atoms with Gasteiger partial charge in [0, 0.05) is 37.4 Å². The standard InChI is InChI=1S/C19H21N3/c1-3-16-4-9-19(12-16)22-11-10-21(14-15(22)2)18-7-5-17(13-20)6-8-18/h1,5-8,12,15,19H,4,9-11,14H2,2H3/t15?,19-/m0/s1. The molecule has 1 aromatic carbocycles. The summed E-state index contributed by atoms with van der Waals surface area (Å²) in [7, 11) is 0. The van der Waals surface area contributed by atoms with Crippen LogP contribution in [-0.4, -0.2) is 36.6 Å². The Kier molecular flexibility index (Phi) is 4.18. The average Bonchev–Trinajstić information content (AvgIpc) is 3.03. The molecule has 3 heteroatoms. The van der Waals surface area contributed by atoms with Crippen LogP contribution in [-0.2, 0) is 0 Å². The minimum atomic E-state index is 0.503. The lowest BCUT2D eigenvalue weighted by Crippen LogP contribution is -2.54. The first-order valence-corrected chi connectivity index (χ1v) is 7.89. The van der Waals surface area contributed by atoms with Gasteiger partial charge in [0.2, 0.25) is 0 Å². The minimum absolute atomic E-state index is 0.503. The fourth-order valence-corrected chi connectivity index (χ4v) is 3.53. The van der Waals surface area contributed by atoms with Crippen LogP contribution in [0.2, 0.25) is 0 Å². The Bertz CT molecular complexity index is 645. The van der Waals surface area contributed by atoms with Gasteiger partial charge in [-0.15, -0.1) is 6.42 Å². The number of hydrogen-bond acceptors (Lipinski definition) is 3. The Hall–Kier alpha value is -2.23. The van der Waals surface area contributed by atoms with Gasteiger partial charge in [0.15, 0.2) is 0 Å². The fourth-order valence-electron chi connectivity index (χ4n) is 3.53. The highest BCUT2D eigenvalue weighted by Gasteiger charge is 2.30. The van der Waals surface area contributed by atoms with Crippen LogP contribution in [0.15, 0.2) is 35.9 Å². The zero-order valence-electron chi connectivity index (χ0n) is 13.0. The summed E-state index contributed by atoms with van der Waals surface area (Å²) in [5.74, 6) is 2.79. The minimum Gasteiger partial charge on any atom is -0.369 e. The molecule has 3 rings (SSSR count). The van der Waals surface area contributed by atoms with Crippen LogP contribution >= 0.6 is 0 Å². The summed E-state index contributed by atoms with van der Waals surface area (Å²) in [5, 5.41) is 8.89. The van der Waals surface area contributed by atoms with Crippen molar-refractivity contribution in [3.8, 4) is 18.4 Å².